The quantitative estimate of drug-likeness (QED) is 0.728. The van der Waals surface area contributed by atoms with Gasteiger partial charge in [0.25, 0.3) is 0 Å². The molecule has 106 valence electrons. The second-order valence-corrected chi connectivity index (χ2v) is 5.54. The lowest BCUT2D eigenvalue weighted by Gasteiger charge is -2.08. The van der Waals surface area contributed by atoms with Crippen molar-refractivity contribution in [2.45, 2.75) is 6.92 Å². The Balaban J connectivity index is 2.24. The molecule has 0 saturated heterocycles. The molecule has 3 aromatic rings. The molecule has 0 radical (unpaired) electrons. The molecule has 1 aromatic heterocycles. The molecule has 0 unspecified atom stereocenters. The van der Waals surface area contributed by atoms with Gasteiger partial charge in [0.1, 0.15) is 0 Å². The van der Waals surface area contributed by atoms with Gasteiger partial charge in [-0.15, -0.1) is 11.3 Å². The molecule has 0 spiro atoms. The van der Waals surface area contributed by atoms with E-state index >= 15 is 0 Å². The predicted molar refractivity (Wildman–Crippen MR) is 86.2 cm³/mol. The summed E-state index contributed by atoms with van der Waals surface area (Å²) in [7, 11) is 0. The third-order valence-electron chi connectivity index (χ3n) is 3.12. The van der Waals surface area contributed by atoms with Gasteiger partial charge in [-0.3, -0.25) is 10.1 Å². The SMILES string of the molecule is CCOC(=O)Nc1cccc2sc3ccccc3c(=O)c12. The molecule has 3 rings (SSSR count). The summed E-state index contributed by atoms with van der Waals surface area (Å²) in [6.07, 6.45) is -0.553. The van der Waals surface area contributed by atoms with Gasteiger partial charge >= 0.3 is 6.09 Å². The Hall–Kier alpha value is -2.40. The summed E-state index contributed by atoms with van der Waals surface area (Å²) in [4.78, 5) is 24.3. The minimum atomic E-state index is -0.553. The number of hydrogen-bond donors (Lipinski definition) is 1. The van der Waals surface area contributed by atoms with Gasteiger partial charge in [-0.2, -0.15) is 0 Å². The summed E-state index contributed by atoms with van der Waals surface area (Å²) in [6.45, 7) is 2.02. The molecule has 2 aromatic carbocycles. The van der Waals surface area contributed by atoms with E-state index in [1.807, 2.05) is 30.3 Å². The molecule has 0 aliphatic rings. The van der Waals surface area contributed by atoms with Crippen LogP contribution in [-0.4, -0.2) is 12.7 Å². The highest BCUT2D eigenvalue weighted by Crippen LogP contribution is 2.28. The second-order valence-electron chi connectivity index (χ2n) is 4.45. The van der Waals surface area contributed by atoms with Gasteiger partial charge < -0.3 is 4.74 Å². The molecule has 21 heavy (non-hydrogen) atoms. The number of carbonyl (C=O) groups is 1. The molecule has 0 bridgehead atoms. The van der Waals surface area contributed by atoms with Gasteiger partial charge in [0, 0.05) is 14.8 Å². The summed E-state index contributed by atoms with van der Waals surface area (Å²) < 4.78 is 6.65. The number of carbonyl (C=O) groups excluding carboxylic acids is 1. The van der Waals surface area contributed by atoms with Crippen molar-refractivity contribution in [2.24, 2.45) is 0 Å². The van der Waals surface area contributed by atoms with Crippen LogP contribution in [0.4, 0.5) is 10.5 Å². The maximum Gasteiger partial charge on any atom is 0.411 e. The normalized spacial score (nSPS) is 10.7. The molecule has 0 saturated carbocycles. The van der Waals surface area contributed by atoms with Crippen LogP contribution in [-0.2, 0) is 4.74 Å². The average Bonchev–Trinajstić information content (AvgIpc) is 2.48. The summed E-state index contributed by atoms with van der Waals surface area (Å²) in [5, 5.41) is 3.82. The Labute approximate surface area is 125 Å². The van der Waals surface area contributed by atoms with E-state index in [-0.39, 0.29) is 12.0 Å². The number of anilines is 1. The summed E-state index contributed by atoms with van der Waals surface area (Å²) in [5.74, 6) is 0. The van der Waals surface area contributed by atoms with Crippen molar-refractivity contribution in [2.75, 3.05) is 11.9 Å². The van der Waals surface area contributed by atoms with Gasteiger partial charge in [-0.1, -0.05) is 18.2 Å². The molecule has 5 heteroatoms. The fraction of sp³-hybridized carbons (Fsp3) is 0.125. The number of amides is 1. The number of rotatable bonds is 2. The lowest BCUT2D eigenvalue weighted by Crippen LogP contribution is -2.15. The van der Waals surface area contributed by atoms with Gasteiger partial charge in [0.05, 0.1) is 17.7 Å². The van der Waals surface area contributed by atoms with Crippen LogP contribution in [0.25, 0.3) is 20.2 Å². The first-order chi connectivity index (χ1) is 10.2. The molecule has 1 heterocycles. The molecule has 0 aliphatic heterocycles. The average molecular weight is 299 g/mol. The molecular formula is C16H13NO3S. The number of fused-ring (bicyclic) bond motifs is 2. The third kappa shape index (κ3) is 2.48. The van der Waals surface area contributed by atoms with Crippen molar-refractivity contribution in [3.05, 3.63) is 52.7 Å². The first kappa shape index (κ1) is 13.6. The van der Waals surface area contributed by atoms with Crippen LogP contribution in [0, 0.1) is 0 Å². The van der Waals surface area contributed by atoms with E-state index in [2.05, 4.69) is 5.32 Å². The standard InChI is InChI=1S/C16H13NO3S/c1-2-20-16(19)17-11-7-5-9-13-14(11)15(18)10-6-3-4-8-12(10)21-13/h3-9H,2H2,1H3,(H,17,19). The van der Waals surface area contributed by atoms with Crippen LogP contribution in [0.2, 0.25) is 0 Å². The highest BCUT2D eigenvalue weighted by atomic mass is 32.1. The van der Waals surface area contributed by atoms with Crippen molar-refractivity contribution < 1.29 is 9.53 Å². The van der Waals surface area contributed by atoms with Crippen LogP contribution in [0.3, 0.4) is 0 Å². The van der Waals surface area contributed by atoms with E-state index < -0.39 is 6.09 Å². The van der Waals surface area contributed by atoms with Crippen molar-refractivity contribution in [1.29, 1.82) is 0 Å². The number of benzene rings is 2. The van der Waals surface area contributed by atoms with E-state index in [1.165, 1.54) is 11.3 Å². The van der Waals surface area contributed by atoms with Crippen molar-refractivity contribution in [3.8, 4) is 0 Å². The largest absolute Gasteiger partial charge is 0.450 e. The highest BCUT2D eigenvalue weighted by molar-refractivity contribution is 7.24. The van der Waals surface area contributed by atoms with Crippen LogP contribution in [0.15, 0.2) is 47.3 Å². The zero-order valence-electron chi connectivity index (χ0n) is 11.4. The molecular weight excluding hydrogens is 286 g/mol. The van der Waals surface area contributed by atoms with Crippen molar-refractivity contribution in [1.82, 2.24) is 0 Å². The molecule has 0 aliphatic carbocycles. The topological polar surface area (TPSA) is 55.4 Å². The molecule has 4 nitrogen and oxygen atoms in total. The van der Waals surface area contributed by atoms with Gasteiger partial charge in [0.15, 0.2) is 5.43 Å². The third-order valence-corrected chi connectivity index (χ3v) is 4.25. The first-order valence-corrected chi connectivity index (χ1v) is 7.40. The molecule has 0 atom stereocenters. The van der Waals surface area contributed by atoms with Gasteiger partial charge in [-0.05, 0) is 31.2 Å². The van der Waals surface area contributed by atoms with Crippen LogP contribution in [0.1, 0.15) is 6.92 Å². The minimum Gasteiger partial charge on any atom is -0.450 e. The Morgan fingerprint density at radius 3 is 2.71 bits per heavy atom. The Morgan fingerprint density at radius 1 is 1.14 bits per heavy atom. The number of nitrogens with one attached hydrogen (secondary N) is 1. The van der Waals surface area contributed by atoms with Crippen LogP contribution < -0.4 is 10.7 Å². The monoisotopic (exact) mass is 299 g/mol. The maximum absolute atomic E-state index is 12.7. The summed E-state index contributed by atoms with van der Waals surface area (Å²) in [5.41, 5.74) is 0.407. The number of hydrogen-bond acceptors (Lipinski definition) is 4. The lowest BCUT2D eigenvalue weighted by molar-refractivity contribution is 0.168. The van der Waals surface area contributed by atoms with Crippen molar-refractivity contribution in [3.63, 3.8) is 0 Å². The van der Waals surface area contributed by atoms with Crippen molar-refractivity contribution >= 4 is 43.3 Å². The van der Waals surface area contributed by atoms with Gasteiger partial charge in [0.2, 0.25) is 0 Å². The fourth-order valence-electron chi connectivity index (χ4n) is 2.23. The molecule has 0 fully saturated rings. The summed E-state index contributed by atoms with van der Waals surface area (Å²) >= 11 is 1.53. The van der Waals surface area contributed by atoms with Gasteiger partial charge in [-0.25, -0.2) is 4.79 Å². The Morgan fingerprint density at radius 2 is 1.90 bits per heavy atom. The lowest BCUT2D eigenvalue weighted by atomic mass is 10.1. The minimum absolute atomic E-state index is 0.0771. The van der Waals surface area contributed by atoms with E-state index in [9.17, 15) is 9.59 Å². The van der Waals surface area contributed by atoms with E-state index in [4.69, 9.17) is 4.74 Å². The molecule has 1 N–H and O–H groups in total. The predicted octanol–water partition coefficient (Wildman–Crippen LogP) is 3.98. The smallest absolute Gasteiger partial charge is 0.411 e. The van der Waals surface area contributed by atoms with Crippen LogP contribution in [0.5, 0.6) is 0 Å². The Kier molecular flexibility index (Phi) is 3.58. The fourth-order valence-corrected chi connectivity index (χ4v) is 3.33. The van der Waals surface area contributed by atoms with E-state index in [0.29, 0.717) is 16.5 Å². The first-order valence-electron chi connectivity index (χ1n) is 6.59. The zero-order valence-corrected chi connectivity index (χ0v) is 12.2. The van der Waals surface area contributed by atoms with Crippen LogP contribution >= 0.6 is 11.3 Å². The highest BCUT2D eigenvalue weighted by Gasteiger charge is 2.11. The summed E-state index contributed by atoms with van der Waals surface area (Å²) in [6, 6.07) is 12.9. The second kappa shape index (κ2) is 5.54. The Bertz CT molecular complexity index is 885. The molecule has 1 amide bonds. The van der Waals surface area contributed by atoms with E-state index in [1.54, 1.807) is 19.1 Å². The maximum atomic E-state index is 12.7. The zero-order chi connectivity index (χ0) is 14.8. The van der Waals surface area contributed by atoms with E-state index in [0.717, 1.165) is 9.40 Å². The number of ether oxygens (including phenoxy) is 1.